The molecular formula is C27H26FN5O6S. The van der Waals surface area contributed by atoms with Crippen molar-refractivity contribution >= 4 is 38.7 Å². The molecular weight excluding hydrogens is 541 g/mol. The first-order valence-corrected chi connectivity index (χ1v) is 14.3. The zero-order chi connectivity index (χ0) is 28.3. The average molecular weight is 568 g/mol. The van der Waals surface area contributed by atoms with E-state index in [1.165, 1.54) is 24.7 Å². The number of benzene rings is 2. The number of anilines is 1. The Morgan fingerprint density at radius 3 is 2.67 bits per heavy atom. The number of hydrogen-bond acceptors (Lipinski definition) is 9. The SMILES string of the molecule is CS(=O)(=O)OCC(=O)N1CCCC1CNc1ncnc2[nH]cc(C(=O)c3ccc(Oc4ccccc4)cc3F)c12. The van der Waals surface area contributed by atoms with E-state index in [0.29, 0.717) is 35.6 Å². The number of amides is 1. The number of ether oxygens (including phenoxy) is 1. The van der Waals surface area contributed by atoms with Gasteiger partial charge in [0.05, 0.1) is 22.8 Å². The van der Waals surface area contributed by atoms with Crippen LogP contribution in [-0.2, 0) is 19.1 Å². The van der Waals surface area contributed by atoms with Crippen molar-refractivity contribution in [2.75, 3.05) is 31.3 Å². The third-order valence-electron chi connectivity index (χ3n) is 6.48. The molecule has 2 N–H and O–H groups in total. The fourth-order valence-corrected chi connectivity index (χ4v) is 4.94. The van der Waals surface area contributed by atoms with Gasteiger partial charge in [-0.1, -0.05) is 18.2 Å². The number of fused-ring (bicyclic) bond motifs is 1. The maximum atomic E-state index is 15.1. The van der Waals surface area contributed by atoms with Crippen LogP contribution < -0.4 is 10.1 Å². The number of rotatable bonds is 10. The highest BCUT2D eigenvalue weighted by molar-refractivity contribution is 7.86. The standard InChI is InChI=1S/C27H26FN5O6S/c1-40(36,37)38-15-23(34)33-11-5-6-17(33)13-29-26-24-21(14-30-27(24)32-16-31-26)25(35)20-10-9-19(12-22(20)28)39-18-7-3-2-4-8-18/h2-4,7-10,12,14,16-17H,5-6,11,13,15H2,1H3,(H2,29,30,31,32). The van der Waals surface area contributed by atoms with Crippen LogP contribution >= 0.6 is 0 Å². The molecule has 1 saturated heterocycles. The summed E-state index contributed by atoms with van der Waals surface area (Å²) in [6, 6.07) is 12.7. The van der Waals surface area contributed by atoms with Crippen molar-refractivity contribution in [3.05, 3.63) is 78.0 Å². The van der Waals surface area contributed by atoms with Crippen molar-refractivity contribution in [3.8, 4) is 11.5 Å². The van der Waals surface area contributed by atoms with Gasteiger partial charge in [0.15, 0.2) is 5.78 Å². The first-order chi connectivity index (χ1) is 19.2. The molecule has 0 saturated carbocycles. The summed E-state index contributed by atoms with van der Waals surface area (Å²) in [5.74, 6) is -0.613. The van der Waals surface area contributed by atoms with Gasteiger partial charge in [-0.25, -0.2) is 14.4 Å². The van der Waals surface area contributed by atoms with E-state index in [2.05, 4.69) is 24.5 Å². The molecule has 11 nitrogen and oxygen atoms in total. The van der Waals surface area contributed by atoms with Gasteiger partial charge in [0.2, 0.25) is 5.91 Å². The van der Waals surface area contributed by atoms with Crippen LogP contribution in [0.25, 0.3) is 11.0 Å². The molecule has 0 aliphatic carbocycles. The summed E-state index contributed by atoms with van der Waals surface area (Å²) >= 11 is 0. The number of carbonyl (C=O) groups excluding carboxylic acids is 2. The van der Waals surface area contributed by atoms with Gasteiger partial charge in [-0.2, -0.15) is 8.42 Å². The summed E-state index contributed by atoms with van der Waals surface area (Å²) in [5.41, 5.74) is 0.412. The van der Waals surface area contributed by atoms with Crippen LogP contribution in [-0.4, -0.2) is 72.0 Å². The quantitative estimate of drug-likeness (QED) is 0.217. The highest BCUT2D eigenvalue weighted by Gasteiger charge is 2.30. The zero-order valence-corrected chi connectivity index (χ0v) is 22.3. The van der Waals surface area contributed by atoms with Crippen LogP contribution in [0.1, 0.15) is 28.8 Å². The van der Waals surface area contributed by atoms with Gasteiger partial charge in [-0.15, -0.1) is 0 Å². The third-order valence-corrected chi connectivity index (χ3v) is 7.02. The van der Waals surface area contributed by atoms with Crippen molar-refractivity contribution < 1.29 is 31.3 Å². The molecule has 2 aromatic heterocycles. The van der Waals surface area contributed by atoms with E-state index < -0.39 is 34.2 Å². The Kier molecular flexibility index (Phi) is 7.76. The van der Waals surface area contributed by atoms with Crippen molar-refractivity contribution in [2.24, 2.45) is 0 Å². The lowest BCUT2D eigenvalue weighted by molar-refractivity contribution is -0.133. The second-order valence-corrected chi connectivity index (χ2v) is 10.9. The molecule has 0 bridgehead atoms. The van der Waals surface area contributed by atoms with Crippen LogP contribution in [0.2, 0.25) is 0 Å². The predicted octanol–water partition coefficient (Wildman–Crippen LogP) is 3.50. The van der Waals surface area contributed by atoms with Crippen molar-refractivity contribution in [2.45, 2.75) is 18.9 Å². The normalized spacial score (nSPS) is 15.3. The van der Waals surface area contributed by atoms with E-state index in [9.17, 15) is 18.0 Å². The lowest BCUT2D eigenvalue weighted by atomic mass is 10.0. The number of likely N-dealkylation sites (tertiary alicyclic amines) is 1. The van der Waals surface area contributed by atoms with Gasteiger partial charge >= 0.3 is 0 Å². The number of nitrogens with zero attached hydrogens (tertiary/aromatic N) is 3. The van der Waals surface area contributed by atoms with Gasteiger partial charge < -0.3 is 19.9 Å². The van der Waals surface area contributed by atoms with E-state index in [4.69, 9.17) is 4.74 Å². The molecule has 4 aromatic rings. The van der Waals surface area contributed by atoms with Gasteiger partial charge in [0.25, 0.3) is 10.1 Å². The van der Waals surface area contributed by atoms with Gasteiger partial charge in [0.1, 0.15) is 41.7 Å². The molecule has 40 heavy (non-hydrogen) atoms. The van der Waals surface area contributed by atoms with Gasteiger partial charge in [0, 0.05) is 31.4 Å². The molecule has 1 unspecified atom stereocenters. The average Bonchev–Trinajstić information content (AvgIpc) is 3.58. The summed E-state index contributed by atoms with van der Waals surface area (Å²) < 4.78 is 47.9. The van der Waals surface area contributed by atoms with Gasteiger partial charge in [-0.3, -0.25) is 13.8 Å². The van der Waals surface area contributed by atoms with Crippen LogP contribution in [0, 0.1) is 5.82 Å². The number of carbonyl (C=O) groups is 2. The fraction of sp³-hybridized carbons (Fsp3) is 0.259. The van der Waals surface area contributed by atoms with Crippen LogP contribution in [0.5, 0.6) is 11.5 Å². The van der Waals surface area contributed by atoms with E-state index in [-0.39, 0.29) is 29.5 Å². The van der Waals surface area contributed by atoms with E-state index >= 15 is 4.39 Å². The molecule has 1 aliphatic rings. The molecule has 1 aliphatic heterocycles. The van der Waals surface area contributed by atoms with Crippen molar-refractivity contribution in [1.29, 1.82) is 0 Å². The maximum absolute atomic E-state index is 15.1. The second kappa shape index (κ2) is 11.4. The third kappa shape index (κ3) is 6.10. The first-order valence-electron chi connectivity index (χ1n) is 12.5. The topological polar surface area (TPSA) is 144 Å². The Labute approximate surface area is 229 Å². The summed E-state index contributed by atoms with van der Waals surface area (Å²) in [5, 5.41) is 3.56. The van der Waals surface area contributed by atoms with Crippen LogP contribution in [0.3, 0.4) is 0 Å². The number of aromatic nitrogens is 3. The predicted molar refractivity (Wildman–Crippen MR) is 144 cm³/mol. The lowest BCUT2D eigenvalue weighted by Gasteiger charge is -2.25. The summed E-state index contributed by atoms with van der Waals surface area (Å²) in [6.45, 7) is 0.189. The fourth-order valence-electron chi connectivity index (χ4n) is 4.62. The number of hydrogen-bond donors (Lipinski definition) is 2. The molecule has 1 fully saturated rings. The minimum atomic E-state index is -3.74. The molecule has 13 heteroatoms. The molecule has 0 spiro atoms. The molecule has 1 atom stereocenters. The molecule has 208 valence electrons. The van der Waals surface area contributed by atoms with Crippen molar-refractivity contribution in [1.82, 2.24) is 19.9 Å². The highest BCUT2D eigenvalue weighted by Crippen LogP contribution is 2.29. The number of para-hydroxylation sites is 1. The number of nitrogens with one attached hydrogen (secondary N) is 2. The number of ketones is 1. The maximum Gasteiger partial charge on any atom is 0.264 e. The van der Waals surface area contributed by atoms with E-state index in [0.717, 1.165) is 18.7 Å². The van der Waals surface area contributed by atoms with E-state index in [1.54, 1.807) is 29.2 Å². The minimum absolute atomic E-state index is 0.144. The molecule has 5 rings (SSSR count). The Morgan fingerprint density at radius 1 is 1.12 bits per heavy atom. The zero-order valence-electron chi connectivity index (χ0n) is 21.5. The monoisotopic (exact) mass is 567 g/mol. The van der Waals surface area contributed by atoms with Gasteiger partial charge in [-0.05, 0) is 37.1 Å². The Hall–Kier alpha value is -4.36. The van der Waals surface area contributed by atoms with Crippen LogP contribution in [0.15, 0.2) is 61.1 Å². The summed E-state index contributed by atoms with van der Waals surface area (Å²) in [6.07, 6.45) is 5.09. The Morgan fingerprint density at radius 2 is 1.93 bits per heavy atom. The Balaban J connectivity index is 1.33. The second-order valence-electron chi connectivity index (χ2n) is 9.26. The molecule has 2 aromatic carbocycles. The highest BCUT2D eigenvalue weighted by atomic mass is 32.2. The minimum Gasteiger partial charge on any atom is -0.457 e. The van der Waals surface area contributed by atoms with E-state index in [1.807, 2.05) is 6.07 Å². The number of halogens is 1. The first kappa shape index (κ1) is 27.2. The molecule has 0 radical (unpaired) electrons. The lowest BCUT2D eigenvalue weighted by Crippen LogP contribution is -2.41. The molecule has 3 heterocycles. The molecule has 1 amide bonds. The summed E-state index contributed by atoms with van der Waals surface area (Å²) in [4.78, 5) is 38.9. The smallest absolute Gasteiger partial charge is 0.264 e. The largest absolute Gasteiger partial charge is 0.457 e. The van der Waals surface area contributed by atoms with Crippen LogP contribution in [0.4, 0.5) is 10.2 Å². The number of H-pyrrole nitrogens is 1. The number of aromatic amines is 1. The van der Waals surface area contributed by atoms with Crippen molar-refractivity contribution in [3.63, 3.8) is 0 Å². The summed E-state index contributed by atoms with van der Waals surface area (Å²) in [7, 11) is -3.74. The Bertz CT molecular complexity index is 1660.